The highest BCUT2D eigenvalue weighted by molar-refractivity contribution is 6.01. The van der Waals surface area contributed by atoms with Gasteiger partial charge in [0.15, 0.2) is 5.78 Å². The Labute approximate surface area is 156 Å². The number of hydrogen-bond acceptors (Lipinski definition) is 4. The van der Waals surface area contributed by atoms with Crippen LogP contribution in [0.3, 0.4) is 0 Å². The van der Waals surface area contributed by atoms with Gasteiger partial charge in [0.1, 0.15) is 22.9 Å². The second-order valence-corrected chi connectivity index (χ2v) is 6.30. The Morgan fingerprint density at radius 3 is 2.33 bits per heavy atom. The van der Waals surface area contributed by atoms with E-state index in [1.54, 1.807) is 0 Å². The molecule has 6 heteroatoms. The topological polar surface area (TPSA) is 83.8 Å². The van der Waals surface area contributed by atoms with E-state index in [0.717, 1.165) is 17.7 Å². The first-order valence-corrected chi connectivity index (χ1v) is 8.32. The molecule has 0 radical (unpaired) electrons. The molecule has 0 aliphatic heterocycles. The standard InChI is InChI=1S/C21H21FO5/c1-12(2)4-9-15-16(10-17(23)13-5-7-14(22)8-6-13)20(21(25)26)18(24)11-19(15)27-3/h5-8,11,24H,1,4,9-10H2,2-3H3,(H,25,26). The van der Waals surface area contributed by atoms with Crippen LogP contribution in [0.5, 0.6) is 11.5 Å². The average Bonchev–Trinajstić information content (AvgIpc) is 2.60. The van der Waals surface area contributed by atoms with Crippen LogP contribution in [0.25, 0.3) is 0 Å². The summed E-state index contributed by atoms with van der Waals surface area (Å²) in [6.45, 7) is 5.68. The second kappa shape index (κ2) is 8.49. The van der Waals surface area contributed by atoms with Crippen LogP contribution >= 0.6 is 0 Å². The molecule has 0 bridgehead atoms. The van der Waals surface area contributed by atoms with Gasteiger partial charge in [-0.05, 0) is 55.2 Å². The number of carboxylic acids is 1. The van der Waals surface area contributed by atoms with Gasteiger partial charge in [0, 0.05) is 18.1 Å². The third-order valence-corrected chi connectivity index (χ3v) is 4.23. The van der Waals surface area contributed by atoms with Crippen LogP contribution in [0.4, 0.5) is 4.39 Å². The van der Waals surface area contributed by atoms with Crippen LogP contribution in [0, 0.1) is 5.82 Å². The molecule has 27 heavy (non-hydrogen) atoms. The molecular weight excluding hydrogens is 351 g/mol. The number of phenols is 1. The molecule has 2 rings (SSSR count). The van der Waals surface area contributed by atoms with Gasteiger partial charge in [-0.15, -0.1) is 6.58 Å². The smallest absolute Gasteiger partial charge is 0.339 e. The molecule has 0 atom stereocenters. The minimum absolute atomic E-state index is 0.190. The lowest BCUT2D eigenvalue weighted by atomic mass is 9.90. The number of rotatable bonds is 8. The number of ketones is 1. The van der Waals surface area contributed by atoms with E-state index in [0.29, 0.717) is 24.2 Å². The molecule has 0 aliphatic carbocycles. The van der Waals surface area contributed by atoms with Crippen LogP contribution in [-0.4, -0.2) is 29.1 Å². The summed E-state index contributed by atoms with van der Waals surface area (Å²) in [4.78, 5) is 24.4. The summed E-state index contributed by atoms with van der Waals surface area (Å²) in [6, 6.07) is 6.24. The van der Waals surface area contributed by atoms with Crippen LogP contribution in [0.2, 0.25) is 0 Å². The van der Waals surface area contributed by atoms with Crippen molar-refractivity contribution < 1.29 is 28.9 Å². The first-order chi connectivity index (χ1) is 12.7. The number of carboxylic acid groups (broad SMARTS) is 1. The number of aromatic hydroxyl groups is 1. The van der Waals surface area contributed by atoms with Crippen molar-refractivity contribution in [3.8, 4) is 11.5 Å². The summed E-state index contributed by atoms with van der Waals surface area (Å²) < 4.78 is 18.4. The van der Waals surface area contributed by atoms with Gasteiger partial charge >= 0.3 is 5.97 Å². The molecule has 0 heterocycles. The van der Waals surface area contributed by atoms with Crippen molar-refractivity contribution in [2.75, 3.05) is 7.11 Å². The molecule has 0 fully saturated rings. The SMILES string of the molecule is C=C(C)CCc1c(OC)cc(O)c(C(=O)O)c1CC(=O)c1ccc(F)cc1. The number of Topliss-reactive ketones (excluding diaryl/α,β-unsaturated/α-hetero) is 1. The van der Waals surface area contributed by atoms with Gasteiger partial charge in [-0.25, -0.2) is 9.18 Å². The van der Waals surface area contributed by atoms with E-state index in [1.165, 1.54) is 25.3 Å². The highest BCUT2D eigenvalue weighted by Gasteiger charge is 2.25. The molecular formula is C21H21FO5. The zero-order valence-corrected chi connectivity index (χ0v) is 15.2. The zero-order chi connectivity index (χ0) is 20.1. The number of carbonyl (C=O) groups excluding carboxylic acids is 1. The lowest BCUT2D eigenvalue weighted by Gasteiger charge is -2.18. The van der Waals surface area contributed by atoms with Crippen LogP contribution in [0.1, 0.15) is 45.2 Å². The number of allylic oxidation sites excluding steroid dienone is 1. The molecule has 5 nitrogen and oxygen atoms in total. The third kappa shape index (κ3) is 4.73. The van der Waals surface area contributed by atoms with E-state index in [4.69, 9.17) is 4.74 Å². The van der Waals surface area contributed by atoms with Gasteiger partial charge in [0.05, 0.1) is 7.11 Å². The van der Waals surface area contributed by atoms with E-state index in [2.05, 4.69) is 6.58 Å². The second-order valence-electron chi connectivity index (χ2n) is 6.30. The maximum absolute atomic E-state index is 13.1. The van der Waals surface area contributed by atoms with Crippen molar-refractivity contribution in [2.45, 2.75) is 26.2 Å². The average molecular weight is 372 g/mol. The number of aromatic carboxylic acids is 1. The number of methoxy groups -OCH3 is 1. The summed E-state index contributed by atoms with van der Waals surface area (Å²) in [7, 11) is 1.41. The van der Waals surface area contributed by atoms with Crippen molar-refractivity contribution in [2.24, 2.45) is 0 Å². The van der Waals surface area contributed by atoms with Gasteiger partial charge in [-0.2, -0.15) is 0 Å². The van der Waals surface area contributed by atoms with E-state index in [9.17, 15) is 24.2 Å². The molecule has 0 aromatic heterocycles. The summed E-state index contributed by atoms with van der Waals surface area (Å²) in [6.07, 6.45) is 0.715. The lowest BCUT2D eigenvalue weighted by molar-refractivity contribution is 0.0692. The minimum Gasteiger partial charge on any atom is -0.507 e. The molecule has 2 N–H and O–H groups in total. The molecule has 2 aromatic rings. The van der Waals surface area contributed by atoms with Crippen molar-refractivity contribution in [1.82, 2.24) is 0 Å². The van der Waals surface area contributed by atoms with Gasteiger partial charge in [-0.1, -0.05) is 5.57 Å². The van der Waals surface area contributed by atoms with Crippen LogP contribution in [0.15, 0.2) is 42.5 Å². The van der Waals surface area contributed by atoms with E-state index in [-0.39, 0.29) is 28.9 Å². The largest absolute Gasteiger partial charge is 0.507 e. The fourth-order valence-electron chi connectivity index (χ4n) is 2.86. The molecule has 0 saturated heterocycles. The summed E-state index contributed by atoms with van der Waals surface area (Å²) in [5.41, 5.74) is 1.53. The Kier molecular flexibility index (Phi) is 6.34. The van der Waals surface area contributed by atoms with Crippen molar-refractivity contribution in [3.05, 3.63) is 70.6 Å². The molecule has 0 unspecified atom stereocenters. The maximum Gasteiger partial charge on any atom is 0.339 e. The Bertz CT molecular complexity index is 884. The lowest BCUT2D eigenvalue weighted by Crippen LogP contribution is -2.13. The van der Waals surface area contributed by atoms with Gasteiger partial charge in [0.2, 0.25) is 0 Å². The van der Waals surface area contributed by atoms with Gasteiger partial charge in [-0.3, -0.25) is 4.79 Å². The fraction of sp³-hybridized carbons (Fsp3) is 0.238. The van der Waals surface area contributed by atoms with Gasteiger partial charge < -0.3 is 14.9 Å². The van der Waals surface area contributed by atoms with Gasteiger partial charge in [0.25, 0.3) is 0 Å². The third-order valence-electron chi connectivity index (χ3n) is 4.23. The molecule has 0 saturated carbocycles. The quantitative estimate of drug-likeness (QED) is 0.537. The van der Waals surface area contributed by atoms with E-state index >= 15 is 0 Å². The Morgan fingerprint density at radius 1 is 1.19 bits per heavy atom. The number of ether oxygens (including phenoxy) is 1. The molecule has 0 aliphatic rings. The number of halogens is 1. The molecule has 2 aromatic carbocycles. The number of carbonyl (C=O) groups is 2. The summed E-state index contributed by atoms with van der Waals surface area (Å²) in [5, 5.41) is 19.7. The Morgan fingerprint density at radius 2 is 1.81 bits per heavy atom. The first kappa shape index (κ1) is 20.2. The Balaban J connectivity index is 2.56. The molecule has 142 valence electrons. The normalized spacial score (nSPS) is 10.5. The van der Waals surface area contributed by atoms with Crippen molar-refractivity contribution in [3.63, 3.8) is 0 Å². The summed E-state index contributed by atoms with van der Waals surface area (Å²) in [5.74, 6) is -2.37. The van der Waals surface area contributed by atoms with E-state index in [1.807, 2.05) is 6.92 Å². The molecule has 0 spiro atoms. The predicted molar refractivity (Wildman–Crippen MR) is 99.2 cm³/mol. The number of benzene rings is 2. The number of hydrogen-bond donors (Lipinski definition) is 2. The minimum atomic E-state index is -1.34. The zero-order valence-electron chi connectivity index (χ0n) is 15.2. The summed E-state index contributed by atoms with van der Waals surface area (Å²) >= 11 is 0. The predicted octanol–water partition coefficient (Wildman–Crippen LogP) is 4.17. The highest BCUT2D eigenvalue weighted by atomic mass is 19.1. The van der Waals surface area contributed by atoms with E-state index < -0.39 is 17.5 Å². The fourth-order valence-corrected chi connectivity index (χ4v) is 2.86. The molecule has 0 amide bonds. The maximum atomic E-state index is 13.1. The monoisotopic (exact) mass is 372 g/mol. The van der Waals surface area contributed by atoms with Crippen molar-refractivity contribution in [1.29, 1.82) is 0 Å². The highest BCUT2D eigenvalue weighted by Crippen LogP contribution is 2.35. The Hall–Kier alpha value is -3.15. The van der Waals surface area contributed by atoms with Crippen LogP contribution in [-0.2, 0) is 12.8 Å². The van der Waals surface area contributed by atoms with Crippen molar-refractivity contribution >= 4 is 11.8 Å². The van der Waals surface area contributed by atoms with Crippen LogP contribution < -0.4 is 4.74 Å². The first-order valence-electron chi connectivity index (χ1n) is 8.32.